The number of carbonyl (C=O) groups is 1. The highest BCUT2D eigenvalue weighted by Gasteiger charge is 2.21. The maximum atomic E-state index is 13.7. The monoisotopic (exact) mass is 311 g/mol. The lowest BCUT2D eigenvalue weighted by Crippen LogP contribution is -2.31. The minimum absolute atomic E-state index is 0.0355. The van der Waals surface area contributed by atoms with E-state index < -0.39 is 0 Å². The number of nitrogens with zero attached hydrogens (tertiary/aromatic N) is 1. The van der Waals surface area contributed by atoms with Gasteiger partial charge in [0.1, 0.15) is 17.2 Å². The van der Waals surface area contributed by atoms with E-state index in [1.165, 1.54) is 6.07 Å². The van der Waals surface area contributed by atoms with Crippen LogP contribution in [0.2, 0.25) is 0 Å². The number of rotatable bonds is 4. The molecular weight excluding hydrogens is 293 g/mol. The fraction of sp³-hybridized carbons (Fsp3) is 0.211. The molecule has 0 fully saturated rings. The minimum Gasteiger partial charge on any atom is -0.459 e. The van der Waals surface area contributed by atoms with Gasteiger partial charge in [0, 0.05) is 12.4 Å². The lowest BCUT2D eigenvalue weighted by atomic mass is 10.1. The van der Waals surface area contributed by atoms with E-state index in [1.54, 1.807) is 30.1 Å². The number of hydrogen-bond acceptors (Lipinski definition) is 2. The van der Waals surface area contributed by atoms with E-state index in [0.29, 0.717) is 5.56 Å². The fourth-order valence-electron chi connectivity index (χ4n) is 2.54. The normalized spacial score (nSPS) is 12.3. The zero-order chi connectivity index (χ0) is 16.4. The Morgan fingerprint density at radius 3 is 2.61 bits per heavy atom. The second-order valence-electron chi connectivity index (χ2n) is 5.64. The topological polar surface area (TPSA) is 33.5 Å². The molecule has 1 aromatic heterocycles. The van der Waals surface area contributed by atoms with Gasteiger partial charge in [-0.2, -0.15) is 0 Å². The van der Waals surface area contributed by atoms with Crippen LogP contribution in [0.4, 0.5) is 4.39 Å². The van der Waals surface area contributed by atoms with E-state index in [2.05, 4.69) is 0 Å². The maximum Gasteiger partial charge on any atom is 0.227 e. The first-order valence-electron chi connectivity index (χ1n) is 7.54. The van der Waals surface area contributed by atoms with Gasteiger partial charge in [-0.25, -0.2) is 4.39 Å². The Kier molecular flexibility index (Phi) is 4.15. The third kappa shape index (κ3) is 3.11. The molecular formula is C19H18FNO2. The first kappa shape index (κ1) is 15.3. The molecule has 0 saturated heterocycles. The van der Waals surface area contributed by atoms with Gasteiger partial charge < -0.3 is 9.32 Å². The van der Waals surface area contributed by atoms with Crippen molar-refractivity contribution in [2.45, 2.75) is 19.4 Å². The molecule has 0 aliphatic carbocycles. The van der Waals surface area contributed by atoms with E-state index >= 15 is 0 Å². The second kappa shape index (κ2) is 6.24. The fourth-order valence-corrected chi connectivity index (χ4v) is 2.54. The lowest BCUT2D eigenvalue weighted by Gasteiger charge is -2.23. The summed E-state index contributed by atoms with van der Waals surface area (Å²) in [4.78, 5) is 14.0. The lowest BCUT2D eigenvalue weighted by molar-refractivity contribution is -0.131. The summed E-state index contributed by atoms with van der Waals surface area (Å²) in [5, 5.41) is 1.00. The summed E-state index contributed by atoms with van der Waals surface area (Å²) in [7, 11) is 1.71. The molecule has 118 valence electrons. The van der Waals surface area contributed by atoms with Crippen molar-refractivity contribution in [2.75, 3.05) is 7.05 Å². The first-order valence-corrected chi connectivity index (χ1v) is 7.54. The van der Waals surface area contributed by atoms with Crippen molar-refractivity contribution in [3.8, 4) is 0 Å². The Morgan fingerprint density at radius 1 is 1.17 bits per heavy atom. The van der Waals surface area contributed by atoms with Crippen LogP contribution in [0.1, 0.15) is 24.3 Å². The van der Waals surface area contributed by atoms with Crippen LogP contribution < -0.4 is 0 Å². The summed E-state index contributed by atoms with van der Waals surface area (Å²) < 4.78 is 19.5. The van der Waals surface area contributed by atoms with Crippen molar-refractivity contribution >= 4 is 16.9 Å². The number of amides is 1. The van der Waals surface area contributed by atoms with Gasteiger partial charge in [-0.1, -0.05) is 36.4 Å². The van der Waals surface area contributed by atoms with E-state index in [-0.39, 0.29) is 24.2 Å². The van der Waals surface area contributed by atoms with Crippen LogP contribution in [0.15, 0.2) is 59.0 Å². The molecule has 0 saturated carbocycles. The van der Waals surface area contributed by atoms with Crippen molar-refractivity contribution in [3.05, 3.63) is 71.7 Å². The van der Waals surface area contributed by atoms with Gasteiger partial charge in [0.2, 0.25) is 5.91 Å². The van der Waals surface area contributed by atoms with Crippen LogP contribution in [-0.2, 0) is 11.2 Å². The van der Waals surface area contributed by atoms with Gasteiger partial charge in [-0.15, -0.1) is 0 Å². The van der Waals surface area contributed by atoms with Crippen LogP contribution in [0.5, 0.6) is 0 Å². The summed E-state index contributed by atoms with van der Waals surface area (Å²) in [6.45, 7) is 1.90. The number of fused-ring (bicyclic) bond motifs is 1. The Balaban J connectivity index is 1.77. The number of furan rings is 1. The Hall–Kier alpha value is -2.62. The summed E-state index contributed by atoms with van der Waals surface area (Å²) in [6, 6.07) is 15.8. The summed E-state index contributed by atoms with van der Waals surface area (Å²) in [5.41, 5.74) is 1.20. The molecule has 3 nitrogen and oxygen atoms in total. The maximum absolute atomic E-state index is 13.7. The zero-order valence-corrected chi connectivity index (χ0v) is 13.1. The van der Waals surface area contributed by atoms with Gasteiger partial charge in [0.15, 0.2) is 0 Å². The van der Waals surface area contributed by atoms with Crippen LogP contribution in [0, 0.1) is 5.82 Å². The molecule has 0 N–H and O–H groups in total. The highest BCUT2D eigenvalue weighted by molar-refractivity contribution is 5.80. The number of carbonyl (C=O) groups excluding carboxylic acids is 1. The van der Waals surface area contributed by atoms with Crippen LogP contribution >= 0.6 is 0 Å². The molecule has 23 heavy (non-hydrogen) atoms. The average molecular weight is 311 g/mol. The van der Waals surface area contributed by atoms with Crippen molar-refractivity contribution < 1.29 is 13.6 Å². The number of para-hydroxylation sites is 1. The molecule has 1 heterocycles. The Labute approximate surface area is 134 Å². The minimum atomic E-state index is -0.356. The molecule has 1 amide bonds. The highest BCUT2D eigenvalue weighted by atomic mass is 19.1. The Morgan fingerprint density at radius 2 is 1.87 bits per heavy atom. The van der Waals surface area contributed by atoms with E-state index in [9.17, 15) is 9.18 Å². The molecule has 3 rings (SSSR count). The van der Waals surface area contributed by atoms with Crippen molar-refractivity contribution in [1.82, 2.24) is 4.90 Å². The molecule has 1 atom stereocenters. The average Bonchev–Trinajstić information content (AvgIpc) is 2.99. The third-order valence-electron chi connectivity index (χ3n) is 4.13. The molecule has 0 aliphatic heterocycles. The highest BCUT2D eigenvalue weighted by Crippen LogP contribution is 2.27. The van der Waals surface area contributed by atoms with E-state index in [4.69, 9.17) is 4.42 Å². The molecule has 4 heteroatoms. The summed E-state index contributed by atoms with van der Waals surface area (Å²) in [5.74, 6) is 0.212. The van der Waals surface area contributed by atoms with Gasteiger partial charge in [-0.05, 0) is 30.7 Å². The van der Waals surface area contributed by atoms with Crippen molar-refractivity contribution in [2.24, 2.45) is 0 Å². The molecule has 2 aromatic carbocycles. The predicted molar refractivity (Wildman–Crippen MR) is 87.5 cm³/mol. The summed E-state index contributed by atoms with van der Waals surface area (Å²) >= 11 is 0. The molecule has 0 radical (unpaired) electrons. The standard InChI is InChI=1S/C19H18FNO2/c1-13(18-11-15-8-4-6-10-17(15)23-18)21(2)19(22)12-14-7-3-5-9-16(14)20/h3-11,13H,12H2,1-2H3/t13-/m0/s1. The number of hydrogen-bond donors (Lipinski definition) is 0. The molecule has 0 aliphatic rings. The van der Waals surface area contributed by atoms with Crippen LogP contribution in [-0.4, -0.2) is 17.9 Å². The van der Waals surface area contributed by atoms with E-state index in [1.807, 2.05) is 37.3 Å². The molecule has 0 unspecified atom stereocenters. The summed E-state index contributed by atoms with van der Waals surface area (Å²) in [6.07, 6.45) is 0.0355. The molecule has 3 aromatic rings. The number of halogens is 1. The number of benzene rings is 2. The second-order valence-corrected chi connectivity index (χ2v) is 5.64. The zero-order valence-electron chi connectivity index (χ0n) is 13.1. The van der Waals surface area contributed by atoms with Gasteiger partial charge in [0.05, 0.1) is 12.5 Å². The SMILES string of the molecule is C[C@@H](c1cc2ccccc2o1)N(C)C(=O)Cc1ccccc1F. The van der Waals surface area contributed by atoms with Gasteiger partial charge in [0.25, 0.3) is 0 Å². The first-order chi connectivity index (χ1) is 11.1. The van der Waals surface area contributed by atoms with Gasteiger partial charge in [-0.3, -0.25) is 4.79 Å². The van der Waals surface area contributed by atoms with Crippen molar-refractivity contribution in [1.29, 1.82) is 0 Å². The predicted octanol–water partition coefficient (Wildman–Crippen LogP) is 4.33. The van der Waals surface area contributed by atoms with E-state index in [0.717, 1.165) is 16.7 Å². The van der Waals surface area contributed by atoms with Crippen LogP contribution in [0.3, 0.4) is 0 Å². The molecule has 0 spiro atoms. The number of likely N-dealkylation sites (N-methyl/N-ethyl adjacent to an activating group) is 1. The molecule has 0 bridgehead atoms. The smallest absolute Gasteiger partial charge is 0.227 e. The Bertz CT molecular complexity index is 807. The van der Waals surface area contributed by atoms with Gasteiger partial charge >= 0.3 is 0 Å². The quantitative estimate of drug-likeness (QED) is 0.718. The van der Waals surface area contributed by atoms with Crippen LogP contribution in [0.25, 0.3) is 11.0 Å². The largest absolute Gasteiger partial charge is 0.459 e. The van der Waals surface area contributed by atoms with Crippen molar-refractivity contribution in [3.63, 3.8) is 0 Å². The third-order valence-corrected chi connectivity index (χ3v) is 4.13.